The van der Waals surface area contributed by atoms with Gasteiger partial charge in [-0.25, -0.2) is 0 Å². The lowest BCUT2D eigenvalue weighted by atomic mass is 9.82. The SMILES string of the molecule is CC(CC#N)NC1CCCC(C2CC2)C1. The molecule has 0 aliphatic heterocycles. The van der Waals surface area contributed by atoms with Gasteiger partial charge in [0.25, 0.3) is 0 Å². The van der Waals surface area contributed by atoms with E-state index in [4.69, 9.17) is 5.26 Å². The molecule has 0 bridgehead atoms. The van der Waals surface area contributed by atoms with Gasteiger partial charge in [-0.05, 0) is 44.4 Å². The van der Waals surface area contributed by atoms with Crippen LogP contribution in [-0.2, 0) is 0 Å². The third-order valence-corrected chi connectivity index (χ3v) is 3.92. The summed E-state index contributed by atoms with van der Waals surface area (Å²) in [7, 11) is 0. The van der Waals surface area contributed by atoms with E-state index in [9.17, 15) is 0 Å². The number of nitriles is 1. The van der Waals surface area contributed by atoms with Crippen molar-refractivity contribution in [2.45, 2.75) is 64.0 Å². The smallest absolute Gasteiger partial charge is 0.0638 e. The van der Waals surface area contributed by atoms with E-state index in [1.54, 1.807) is 0 Å². The minimum atomic E-state index is 0.373. The van der Waals surface area contributed by atoms with Crippen molar-refractivity contribution in [2.75, 3.05) is 0 Å². The normalized spacial score (nSPS) is 33.3. The Morgan fingerprint density at radius 2 is 2.07 bits per heavy atom. The highest BCUT2D eigenvalue weighted by atomic mass is 14.9. The quantitative estimate of drug-likeness (QED) is 0.767. The summed E-state index contributed by atoms with van der Waals surface area (Å²) in [6.07, 6.45) is 9.12. The summed E-state index contributed by atoms with van der Waals surface area (Å²) in [6.45, 7) is 2.13. The van der Waals surface area contributed by atoms with Gasteiger partial charge < -0.3 is 5.32 Å². The number of nitrogens with one attached hydrogen (secondary N) is 1. The van der Waals surface area contributed by atoms with Crippen molar-refractivity contribution in [3.8, 4) is 6.07 Å². The number of rotatable bonds is 4. The van der Waals surface area contributed by atoms with Gasteiger partial charge in [0.1, 0.15) is 0 Å². The molecule has 2 nitrogen and oxygen atoms in total. The molecule has 2 aliphatic carbocycles. The number of nitrogens with zero attached hydrogens (tertiary/aromatic N) is 1. The molecule has 15 heavy (non-hydrogen) atoms. The van der Waals surface area contributed by atoms with E-state index in [0.717, 1.165) is 11.8 Å². The zero-order valence-electron chi connectivity index (χ0n) is 9.71. The third kappa shape index (κ3) is 3.21. The summed E-state index contributed by atoms with van der Waals surface area (Å²) in [5.41, 5.74) is 0. The zero-order chi connectivity index (χ0) is 10.7. The Balaban J connectivity index is 1.74. The Kier molecular flexibility index (Phi) is 3.64. The van der Waals surface area contributed by atoms with Crippen LogP contribution in [0.25, 0.3) is 0 Å². The molecule has 2 rings (SSSR count). The van der Waals surface area contributed by atoms with Crippen molar-refractivity contribution in [3.63, 3.8) is 0 Å². The average molecular weight is 206 g/mol. The summed E-state index contributed by atoms with van der Waals surface area (Å²) >= 11 is 0. The van der Waals surface area contributed by atoms with Crippen LogP contribution in [0.2, 0.25) is 0 Å². The van der Waals surface area contributed by atoms with Gasteiger partial charge in [0.15, 0.2) is 0 Å². The van der Waals surface area contributed by atoms with Gasteiger partial charge in [-0.2, -0.15) is 5.26 Å². The molecule has 0 aromatic heterocycles. The second kappa shape index (κ2) is 4.99. The molecule has 0 aromatic carbocycles. The van der Waals surface area contributed by atoms with E-state index < -0.39 is 0 Å². The van der Waals surface area contributed by atoms with E-state index in [1.165, 1.54) is 38.5 Å². The van der Waals surface area contributed by atoms with Gasteiger partial charge in [0.05, 0.1) is 12.5 Å². The van der Waals surface area contributed by atoms with Crippen LogP contribution in [0.1, 0.15) is 51.9 Å². The lowest BCUT2D eigenvalue weighted by Gasteiger charge is -2.31. The predicted molar refractivity (Wildman–Crippen MR) is 61.3 cm³/mol. The minimum absolute atomic E-state index is 0.373. The molecule has 0 radical (unpaired) electrons. The first-order valence-corrected chi connectivity index (χ1v) is 6.42. The second-order valence-electron chi connectivity index (χ2n) is 5.39. The summed E-state index contributed by atoms with van der Waals surface area (Å²) in [5, 5.41) is 12.2. The summed E-state index contributed by atoms with van der Waals surface area (Å²) in [6, 6.07) is 3.30. The van der Waals surface area contributed by atoms with Crippen LogP contribution in [0.5, 0.6) is 0 Å². The van der Waals surface area contributed by atoms with Crippen molar-refractivity contribution in [2.24, 2.45) is 11.8 Å². The summed E-state index contributed by atoms with van der Waals surface area (Å²) in [5.74, 6) is 2.05. The van der Waals surface area contributed by atoms with E-state index in [2.05, 4.69) is 18.3 Å². The first-order valence-electron chi connectivity index (χ1n) is 6.42. The van der Waals surface area contributed by atoms with Gasteiger partial charge in [-0.1, -0.05) is 12.8 Å². The molecular formula is C13H22N2. The predicted octanol–water partition coefficient (Wildman–Crippen LogP) is 2.85. The van der Waals surface area contributed by atoms with Crippen molar-refractivity contribution >= 4 is 0 Å². The molecule has 0 saturated heterocycles. The lowest BCUT2D eigenvalue weighted by molar-refractivity contribution is 0.249. The molecule has 3 unspecified atom stereocenters. The second-order valence-corrected chi connectivity index (χ2v) is 5.39. The molecule has 0 heterocycles. The third-order valence-electron chi connectivity index (χ3n) is 3.92. The van der Waals surface area contributed by atoms with Gasteiger partial charge >= 0.3 is 0 Å². The van der Waals surface area contributed by atoms with Crippen LogP contribution < -0.4 is 5.32 Å². The minimum Gasteiger partial charge on any atom is -0.310 e. The lowest BCUT2D eigenvalue weighted by Crippen LogP contribution is -2.39. The Morgan fingerprint density at radius 1 is 1.27 bits per heavy atom. The highest BCUT2D eigenvalue weighted by Crippen LogP contribution is 2.43. The van der Waals surface area contributed by atoms with Crippen LogP contribution in [0, 0.1) is 23.2 Å². The molecule has 0 spiro atoms. The topological polar surface area (TPSA) is 35.8 Å². The number of hydrogen-bond acceptors (Lipinski definition) is 2. The van der Waals surface area contributed by atoms with E-state index in [0.29, 0.717) is 18.5 Å². The average Bonchev–Trinajstić information content (AvgIpc) is 3.01. The number of hydrogen-bond donors (Lipinski definition) is 1. The Hall–Kier alpha value is -0.550. The molecule has 0 amide bonds. The highest BCUT2D eigenvalue weighted by molar-refractivity contribution is 4.89. The van der Waals surface area contributed by atoms with Gasteiger partial charge in [-0.15, -0.1) is 0 Å². The fourth-order valence-electron chi connectivity index (χ4n) is 2.97. The molecule has 0 aromatic rings. The maximum absolute atomic E-state index is 8.63. The Bertz CT molecular complexity index is 239. The van der Waals surface area contributed by atoms with Crippen molar-refractivity contribution < 1.29 is 0 Å². The van der Waals surface area contributed by atoms with Gasteiger partial charge in [0, 0.05) is 12.1 Å². The molecule has 2 heteroatoms. The van der Waals surface area contributed by atoms with Crippen LogP contribution in [0.3, 0.4) is 0 Å². The van der Waals surface area contributed by atoms with Crippen LogP contribution in [0.4, 0.5) is 0 Å². The van der Waals surface area contributed by atoms with E-state index in [-0.39, 0.29) is 0 Å². The van der Waals surface area contributed by atoms with Crippen molar-refractivity contribution in [1.82, 2.24) is 5.32 Å². The summed E-state index contributed by atoms with van der Waals surface area (Å²) < 4.78 is 0. The zero-order valence-corrected chi connectivity index (χ0v) is 9.71. The van der Waals surface area contributed by atoms with Crippen LogP contribution in [0.15, 0.2) is 0 Å². The molecule has 3 atom stereocenters. The van der Waals surface area contributed by atoms with Crippen molar-refractivity contribution in [1.29, 1.82) is 5.26 Å². The molecule has 84 valence electrons. The van der Waals surface area contributed by atoms with Crippen molar-refractivity contribution in [3.05, 3.63) is 0 Å². The summed E-state index contributed by atoms with van der Waals surface area (Å²) in [4.78, 5) is 0. The van der Waals surface area contributed by atoms with Gasteiger partial charge in [-0.3, -0.25) is 0 Å². The van der Waals surface area contributed by atoms with Crippen LogP contribution in [-0.4, -0.2) is 12.1 Å². The maximum atomic E-state index is 8.63. The fraction of sp³-hybridized carbons (Fsp3) is 0.923. The first-order chi connectivity index (χ1) is 7.29. The van der Waals surface area contributed by atoms with Crippen LogP contribution >= 0.6 is 0 Å². The molecule has 2 fully saturated rings. The molecule has 1 N–H and O–H groups in total. The van der Waals surface area contributed by atoms with E-state index in [1.807, 2.05) is 0 Å². The highest BCUT2D eigenvalue weighted by Gasteiger charge is 2.34. The fourth-order valence-corrected chi connectivity index (χ4v) is 2.97. The molecule has 2 aliphatic rings. The standard InChI is InChI=1S/C13H22N2/c1-10(7-8-14)15-13-4-2-3-12(9-13)11-5-6-11/h10-13,15H,2-7,9H2,1H3. The Labute approximate surface area is 93.0 Å². The first kappa shape index (κ1) is 11.0. The maximum Gasteiger partial charge on any atom is 0.0638 e. The van der Waals surface area contributed by atoms with E-state index >= 15 is 0 Å². The molecular weight excluding hydrogens is 184 g/mol. The largest absolute Gasteiger partial charge is 0.310 e. The monoisotopic (exact) mass is 206 g/mol. The van der Waals surface area contributed by atoms with Gasteiger partial charge in [0.2, 0.25) is 0 Å². The molecule has 2 saturated carbocycles. The Morgan fingerprint density at radius 3 is 2.73 bits per heavy atom.